The molecule has 3 rings (SSSR count). The number of nitrogens with one attached hydrogen (secondary N) is 2. The largest absolute Gasteiger partial charge is 0.376 e. The van der Waals surface area contributed by atoms with Gasteiger partial charge in [-0.05, 0) is 31.7 Å². The molecular formula is C16H26N4O. The second-order valence-corrected chi connectivity index (χ2v) is 6.11. The minimum absolute atomic E-state index is 0.332. The summed E-state index contributed by atoms with van der Waals surface area (Å²) in [6.07, 6.45) is 12.3. The van der Waals surface area contributed by atoms with E-state index in [0.717, 1.165) is 31.3 Å². The Morgan fingerprint density at radius 3 is 2.71 bits per heavy atom. The van der Waals surface area contributed by atoms with Crippen LogP contribution in [0.25, 0.3) is 0 Å². The molecule has 116 valence electrons. The molecule has 0 amide bonds. The van der Waals surface area contributed by atoms with E-state index in [1.165, 1.54) is 44.9 Å². The first-order valence-corrected chi connectivity index (χ1v) is 8.35. The van der Waals surface area contributed by atoms with Crippen LogP contribution in [-0.2, 0) is 4.74 Å². The molecule has 21 heavy (non-hydrogen) atoms. The highest BCUT2D eigenvalue weighted by Gasteiger charge is 2.16. The Morgan fingerprint density at radius 2 is 1.95 bits per heavy atom. The van der Waals surface area contributed by atoms with Crippen molar-refractivity contribution >= 4 is 11.8 Å². The maximum Gasteiger partial charge on any atom is 0.224 e. The quantitative estimate of drug-likeness (QED) is 0.816. The smallest absolute Gasteiger partial charge is 0.224 e. The number of rotatable bonds is 5. The Kier molecular flexibility index (Phi) is 5.27. The average Bonchev–Trinajstić information content (AvgIpc) is 2.90. The van der Waals surface area contributed by atoms with Crippen molar-refractivity contribution in [3.8, 4) is 0 Å². The average molecular weight is 290 g/mol. The van der Waals surface area contributed by atoms with Crippen LogP contribution in [0.2, 0.25) is 0 Å². The Hall–Kier alpha value is -1.36. The van der Waals surface area contributed by atoms with Gasteiger partial charge in [0.15, 0.2) is 0 Å². The van der Waals surface area contributed by atoms with Crippen LogP contribution in [0.5, 0.6) is 0 Å². The molecule has 1 aliphatic carbocycles. The van der Waals surface area contributed by atoms with Crippen LogP contribution in [0.3, 0.4) is 0 Å². The van der Waals surface area contributed by atoms with E-state index in [2.05, 4.69) is 20.6 Å². The molecular weight excluding hydrogens is 264 g/mol. The Morgan fingerprint density at radius 1 is 1.10 bits per heavy atom. The lowest BCUT2D eigenvalue weighted by molar-refractivity contribution is 0.120. The van der Waals surface area contributed by atoms with Gasteiger partial charge in [0.25, 0.3) is 0 Å². The molecule has 1 atom stereocenters. The minimum atomic E-state index is 0.332. The molecule has 1 unspecified atom stereocenters. The lowest BCUT2D eigenvalue weighted by Gasteiger charge is -2.17. The first kappa shape index (κ1) is 14.6. The monoisotopic (exact) mass is 290 g/mol. The zero-order valence-corrected chi connectivity index (χ0v) is 12.7. The topological polar surface area (TPSA) is 59.1 Å². The molecule has 0 spiro atoms. The highest BCUT2D eigenvalue weighted by Crippen LogP contribution is 2.20. The van der Waals surface area contributed by atoms with Gasteiger partial charge in [-0.15, -0.1) is 0 Å². The summed E-state index contributed by atoms with van der Waals surface area (Å²) < 4.78 is 5.62. The van der Waals surface area contributed by atoms with Gasteiger partial charge in [-0.3, -0.25) is 0 Å². The maximum absolute atomic E-state index is 5.62. The molecule has 0 bridgehead atoms. The SMILES string of the molecule is c1cc(NCC2CCCO2)nc(NC2CCCCCC2)n1. The summed E-state index contributed by atoms with van der Waals surface area (Å²) >= 11 is 0. The fourth-order valence-electron chi connectivity index (χ4n) is 3.16. The highest BCUT2D eigenvalue weighted by molar-refractivity contribution is 5.40. The van der Waals surface area contributed by atoms with Crippen molar-refractivity contribution in [2.75, 3.05) is 23.8 Å². The summed E-state index contributed by atoms with van der Waals surface area (Å²) in [6, 6.07) is 2.45. The van der Waals surface area contributed by atoms with Crippen molar-refractivity contribution in [3.05, 3.63) is 12.3 Å². The van der Waals surface area contributed by atoms with Gasteiger partial charge in [-0.25, -0.2) is 4.98 Å². The van der Waals surface area contributed by atoms with Gasteiger partial charge in [0, 0.05) is 25.4 Å². The van der Waals surface area contributed by atoms with Crippen LogP contribution in [0.15, 0.2) is 12.3 Å². The van der Waals surface area contributed by atoms with Crippen LogP contribution in [-0.4, -0.2) is 35.3 Å². The van der Waals surface area contributed by atoms with Crippen LogP contribution in [0, 0.1) is 0 Å². The van der Waals surface area contributed by atoms with Gasteiger partial charge in [0.1, 0.15) is 5.82 Å². The number of anilines is 2. The molecule has 1 aromatic heterocycles. The molecule has 1 saturated heterocycles. The fourth-order valence-corrected chi connectivity index (χ4v) is 3.16. The molecule has 5 heteroatoms. The maximum atomic E-state index is 5.62. The standard InChI is InChI=1S/C16H26N4O/c1-2-4-7-13(6-3-1)19-16-17-10-9-15(20-16)18-12-14-8-5-11-21-14/h9-10,13-14H,1-8,11-12H2,(H2,17,18,19,20). The van der Waals surface area contributed by atoms with E-state index in [-0.39, 0.29) is 0 Å². The first-order valence-electron chi connectivity index (χ1n) is 8.35. The van der Waals surface area contributed by atoms with E-state index in [1.807, 2.05) is 12.3 Å². The predicted molar refractivity (Wildman–Crippen MR) is 84.6 cm³/mol. The lowest BCUT2D eigenvalue weighted by Crippen LogP contribution is -2.21. The minimum Gasteiger partial charge on any atom is -0.376 e. The number of nitrogens with zero attached hydrogens (tertiary/aromatic N) is 2. The molecule has 1 aliphatic heterocycles. The van der Waals surface area contributed by atoms with Crippen LogP contribution in [0.1, 0.15) is 51.4 Å². The number of hydrogen-bond acceptors (Lipinski definition) is 5. The highest BCUT2D eigenvalue weighted by atomic mass is 16.5. The summed E-state index contributed by atoms with van der Waals surface area (Å²) in [5.41, 5.74) is 0. The van der Waals surface area contributed by atoms with Crippen LogP contribution in [0.4, 0.5) is 11.8 Å². The zero-order valence-electron chi connectivity index (χ0n) is 12.7. The number of hydrogen-bond donors (Lipinski definition) is 2. The Labute approximate surface area is 126 Å². The summed E-state index contributed by atoms with van der Waals surface area (Å²) in [6.45, 7) is 1.73. The van der Waals surface area contributed by atoms with Gasteiger partial charge in [-0.1, -0.05) is 25.7 Å². The molecule has 0 aromatic carbocycles. The fraction of sp³-hybridized carbons (Fsp3) is 0.750. The van der Waals surface area contributed by atoms with Gasteiger partial charge < -0.3 is 15.4 Å². The number of ether oxygens (including phenoxy) is 1. The summed E-state index contributed by atoms with van der Waals surface area (Å²) in [5, 5.41) is 6.86. The van der Waals surface area contributed by atoms with Crippen molar-refractivity contribution in [2.24, 2.45) is 0 Å². The van der Waals surface area contributed by atoms with Crippen molar-refractivity contribution in [2.45, 2.75) is 63.5 Å². The van der Waals surface area contributed by atoms with Crippen molar-refractivity contribution in [1.82, 2.24) is 9.97 Å². The van der Waals surface area contributed by atoms with E-state index in [0.29, 0.717) is 12.1 Å². The zero-order chi connectivity index (χ0) is 14.3. The molecule has 1 saturated carbocycles. The normalized spacial score (nSPS) is 23.7. The third kappa shape index (κ3) is 4.56. The lowest BCUT2D eigenvalue weighted by atomic mass is 10.1. The molecule has 5 nitrogen and oxygen atoms in total. The molecule has 0 radical (unpaired) electrons. The van der Waals surface area contributed by atoms with E-state index < -0.39 is 0 Å². The second-order valence-electron chi connectivity index (χ2n) is 6.11. The summed E-state index contributed by atoms with van der Waals surface area (Å²) in [7, 11) is 0. The molecule has 2 heterocycles. The van der Waals surface area contributed by atoms with Crippen molar-refractivity contribution < 1.29 is 4.74 Å². The molecule has 2 fully saturated rings. The van der Waals surface area contributed by atoms with Crippen molar-refractivity contribution in [3.63, 3.8) is 0 Å². The van der Waals surface area contributed by atoms with E-state index in [4.69, 9.17) is 4.74 Å². The van der Waals surface area contributed by atoms with E-state index >= 15 is 0 Å². The van der Waals surface area contributed by atoms with E-state index in [9.17, 15) is 0 Å². The first-order chi connectivity index (χ1) is 10.4. The van der Waals surface area contributed by atoms with Crippen LogP contribution >= 0.6 is 0 Å². The number of aromatic nitrogens is 2. The molecule has 2 aliphatic rings. The Balaban J connectivity index is 1.52. The predicted octanol–water partition coefficient (Wildman–Crippen LogP) is 3.20. The van der Waals surface area contributed by atoms with Gasteiger partial charge >= 0.3 is 0 Å². The molecule has 1 aromatic rings. The summed E-state index contributed by atoms with van der Waals surface area (Å²) in [4.78, 5) is 8.92. The van der Waals surface area contributed by atoms with Crippen molar-refractivity contribution in [1.29, 1.82) is 0 Å². The van der Waals surface area contributed by atoms with Crippen LogP contribution < -0.4 is 10.6 Å². The summed E-state index contributed by atoms with van der Waals surface area (Å²) in [5.74, 6) is 1.64. The Bertz CT molecular complexity index is 426. The third-order valence-corrected chi connectivity index (χ3v) is 4.38. The molecule has 2 N–H and O–H groups in total. The second kappa shape index (κ2) is 7.59. The van der Waals surface area contributed by atoms with E-state index in [1.54, 1.807) is 0 Å². The van der Waals surface area contributed by atoms with Gasteiger partial charge in [-0.2, -0.15) is 4.98 Å². The van der Waals surface area contributed by atoms with Gasteiger partial charge in [0.2, 0.25) is 5.95 Å². The third-order valence-electron chi connectivity index (χ3n) is 4.38. The van der Waals surface area contributed by atoms with Gasteiger partial charge in [0.05, 0.1) is 6.10 Å².